The van der Waals surface area contributed by atoms with Gasteiger partial charge in [-0.25, -0.2) is 0 Å². The molecule has 0 aromatic heterocycles. The number of carbonyl (C=O) groups is 5. The van der Waals surface area contributed by atoms with Gasteiger partial charge in [-0.1, -0.05) is 120 Å². The monoisotopic (exact) mass is 1640 g/mol. The number of thiol groups is 1. The second-order valence-corrected chi connectivity index (χ2v) is 33.0. The Morgan fingerprint density at radius 3 is 1.12 bits per heavy atom. The highest BCUT2D eigenvalue weighted by atomic mass is 35.5. The van der Waals surface area contributed by atoms with Crippen LogP contribution < -0.4 is 21.1 Å². The number of thioether (sulfide) groups is 1. The molecule has 0 spiro atoms. The summed E-state index contributed by atoms with van der Waals surface area (Å²) < 4.78 is 44.3. The molecule has 12 atom stereocenters. The van der Waals surface area contributed by atoms with Crippen LogP contribution in [0.2, 0.25) is 15.1 Å². The third kappa shape index (κ3) is 25.2. The highest BCUT2D eigenvalue weighted by molar-refractivity contribution is 7.98. The van der Waals surface area contributed by atoms with Crippen LogP contribution in [0.25, 0.3) is 0 Å². The van der Waals surface area contributed by atoms with Crippen molar-refractivity contribution in [2.24, 2.45) is 17.8 Å². The molecule has 7 aromatic carbocycles. The molecule has 6 saturated heterocycles. The quantitative estimate of drug-likeness (QED) is 0.00954. The third-order valence-electron chi connectivity index (χ3n) is 23.1. The van der Waals surface area contributed by atoms with E-state index in [0.29, 0.717) is 124 Å². The number of methoxy groups -OCH3 is 1. The van der Waals surface area contributed by atoms with Crippen LogP contribution in [0.3, 0.4) is 0 Å². The van der Waals surface area contributed by atoms with E-state index in [4.69, 9.17) is 78.4 Å². The second kappa shape index (κ2) is 44.2. The van der Waals surface area contributed by atoms with Crippen molar-refractivity contribution >= 4 is 106 Å². The Kier molecular flexibility index (Phi) is 33.9. The molecular weight excluding hydrogens is 1530 g/mol. The van der Waals surface area contributed by atoms with E-state index in [2.05, 4.69) is 83.4 Å². The van der Waals surface area contributed by atoms with E-state index in [9.17, 15) is 24.0 Å². The summed E-state index contributed by atoms with van der Waals surface area (Å²) in [6.07, 6.45) is 11.3. The molecule has 0 aliphatic carbocycles. The Balaban J connectivity index is 0.000000173. The number of nitrogens with zero attached hydrogens (tertiary/aromatic N) is 3. The minimum atomic E-state index is -0.220. The number of anilines is 3. The fourth-order valence-corrected chi connectivity index (χ4v) is 18.4. The van der Waals surface area contributed by atoms with Crippen LogP contribution in [0.1, 0.15) is 114 Å². The molecule has 4 N–H and O–H groups in total. The summed E-state index contributed by atoms with van der Waals surface area (Å²) in [4.78, 5) is 71.4. The lowest BCUT2D eigenvalue weighted by Gasteiger charge is -2.42. The first-order valence-electron chi connectivity index (χ1n) is 39.6. The van der Waals surface area contributed by atoms with Crippen molar-refractivity contribution < 1.29 is 61.9 Å². The standard InChI is InChI=1S/C37H45ClN2O6S.C29H37ClN2O5S.C23H27ClN2O2/c1-40-31-13-16-34(40)36(33(23-31)28-7-9-29(38)10-8-28)37(42)46-18-17-26-3-11-30(12-4-26)39-35(41)24-45-20-19-44-21-22-47-25-27-5-14-32(43-2)15-6-27;1-32-24-10-11-26(32)28(25(18-24)21-4-6-22(30)7-5-21)29(34)37-13-12-20-2-8-23(9-3-20)31-27(33)19-36-15-14-35-16-17-38;1-26-19-10-11-21(26)22(20(14-19)16-4-6-17(24)7-5-16)23(27)28-13-12-15-2-8-18(25)9-3-15/h3-12,14-15,31,33-34,36H,13,16-25H2,1-2H3,(H,39,41);2-9,24-26,28,38H,10-19H2,1H3,(H,31,33);2-9,19-22H,10-14,25H2,1H3/t31-,33?,34?,36?;24-,25?,26?,28?;19-,20?,21?,22?/m111/s1. The lowest BCUT2D eigenvalue weighted by Crippen LogP contribution is -2.49. The summed E-state index contributed by atoms with van der Waals surface area (Å²) in [5, 5.41) is 7.80. The number of piperidine rings is 3. The number of fused-ring (bicyclic) bond motifs is 6. The third-order valence-corrected chi connectivity index (χ3v) is 25.1. The number of benzene rings is 7. The largest absolute Gasteiger partial charge is 0.497 e. The van der Waals surface area contributed by atoms with Gasteiger partial charge in [0.2, 0.25) is 11.8 Å². The average Bonchev–Trinajstić information content (AvgIpc) is 1.66. The number of esters is 3. The van der Waals surface area contributed by atoms with Crippen molar-refractivity contribution in [1.82, 2.24) is 14.7 Å². The molecule has 606 valence electrons. The number of nitrogens with one attached hydrogen (secondary N) is 2. The summed E-state index contributed by atoms with van der Waals surface area (Å²) in [5.74, 6) is 2.51. The van der Waals surface area contributed by atoms with E-state index in [1.54, 1.807) is 18.9 Å². The number of ether oxygens (including phenoxy) is 8. The van der Waals surface area contributed by atoms with Gasteiger partial charge in [0.1, 0.15) is 19.0 Å². The van der Waals surface area contributed by atoms with Crippen molar-refractivity contribution in [2.75, 3.05) is 129 Å². The zero-order valence-corrected chi connectivity index (χ0v) is 69.2. The number of halogens is 3. The molecule has 6 bridgehead atoms. The van der Waals surface area contributed by atoms with E-state index in [-0.39, 0.29) is 96.6 Å². The van der Waals surface area contributed by atoms with Gasteiger partial charge in [0.05, 0.1) is 84.3 Å². The molecule has 19 nitrogen and oxygen atoms in total. The van der Waals surface area contributed by atoms with Crippen molar-refractivity contribution in [1.29, 1.82) is 0 Å². The zero-order valence-electron chi connectivity index (χ0n) is 65.2. The van der Waals surface area contributed by atoms with Crippen LogP contribution in [0.15, 0.2) is 170 Å². The molecular formula is C89H109Cl3N6O13S2. The molecule has 0 saturated carbocycles. The van der Waals surface area contributed by atoms with E-state index in [1.165, 1.54) is 11.1 Å². The molecule has 6 aliphatic heterocycles. The van der Waals surface area contributed by atoms with Crippen LogP contribution >= 0.6 is 59.2 Å². The zero-order chi connectivity index (χ0) is 79.6. The summed E-state index contributed by atoms with van der Waals surface area (Å²) >= 11 is 24.2. The number of hydrogen-bond acceptors (Lipinski definition) is 19. The molecule has 6 heterocycles. The predicted molar refractivity (Wildman–Crippen MR) is 452 cm³/mol. The van der Waals surface area contributed by atoms with Crippen molar-refractivity contribution in [3.8, 4) is 5.75 Å². The van der Waals surface area contributed by atoms with Gasteiger partial charge in [-0.2, -0.15) is 24.4 Å². The van der Waals surface area contributed by atoms with Crippen LogP contribution in [0.4, 0.5) is 17.1 Å². The Bertz CT molecular complexity index is 4120. The molecule has 7 aromatic rings. The van der Waals surface area contributed by atoms with Crippen LogP contribution in [-0.4, -0.2) is 193 Å². The number of hydrogen-bond donors (Lipinski definition) is 4. The maximum absolute atomic E-state index is 13.5. The molecule has 2 amide bonds. The highest BCUT2D eigenvalue weighted by Crippen LogP contribution is 2.50. The fourth-order valence-electron chi connectivity index (χ4n) is 17.1. The van der Waals surface area contributed by atoms with Gasteiger partial charge in [0.15, 0.2) is 0 Å². The van der Waals surface area contributed by atoms with Crippen molar-refractivity contribution in [3.05, 3.63) is 224 Å². The normalized spacial score (nSPS) is 22.9. The number of rotatable bonds is 35. The number of carbonyl (C=O) groups excluding carboxylic acids is 5. The number of amides is 2. The SMILES string of the molecule is CN1C2CC[C@@H]1CC(c1ccc(Cl)cc1)C2C(=O)OCCc1ccc(N)cc1.CN1C2CC[C@@H]1CC(c1ccc(Cl)cc1)C2C(=O)OCCc1ccc(NC(=O)COCCOCCS)cc1.COc1ccc(CSCCOCCOCC(=O)Nc2ccc(CCOC(=O)C3C(c4ccc(Cl)cc4)C[C@H]4CCC3N4C)cc2)cc1. The van der Waals surface area contributed by atoms with Crippen LogP contribution in [0.5, 0.6) is 5.75 Å². The fraction of sp³-hybridized carbons (Fsp3) is 0.472. The lowest BCUT2D eigenvalue weighted by molar-refractivity contribution is -0.154. The maximum Gasteiger partial charge on any atom is 0.311 e. The van der Waals surface area contributed by atoms with Gasteiger partial charge in [-0.05, 0) is 203 Å². The lowest BCUT2D eigenvalue weighted by atomic mass is 9.76. The van der Waals surface area contributed by atoms with E-state index in [1.807, 2.05) is 146 Å². The topological polar surface area (TPSA) is 219 Å². The van der Waals surface area contributed by atoms with Gasteiger partial charge in [0.25, 0.3) is 0 Å². The summed E-state index contributed by atoms with van der Waals surface area (Å²) in [7, 11) is 8.08. The van der Waals surface area contributed by atoms with Crippen LogP contribution in [-0.2, 0) is 82.1 Å². The maximum atomic E-state index is 13.5. The minimum Gasteiger partial charge on any atom is -0.497 e. The first kappa shape index (κ1) is 86.6. The number of nitrogens with two attached hydrogens (primary N) is 1. The molecule has 0 radical (unpaired) electrons. The van der Waals surface area contributed by atoms with E-state index in [0.717, 1.165) is 114 Å². The van der Waals surface area contributed by atoms with Gasteiger partial charge >= 0.3 is 17.9 Å². The van der Waals surface area contributed by atoms with E-state index >= 15 is 0 Å². The second-order valence-electron chi connectivity index (χ2n) is 30.1. The molecule has 6 fully saturated rings. The van der Waals surface area contributed by atoms with Gasteiger partial charge in [-0.3, -0.25) is 38.7 Å². The smallest absolute Gasteiger partial charge is 0.311 e. The van der Waals surface area contributed by atoms with Gasteiger partial charge < -0.3 is 54.3 Å². The predicted octanol–water partition coefficient (Wildman–Crippen LogP) is 15.5. The van der Waals surface area contributed by atoms with Gasteiger partial charge in [-0.15, -0.1) is 0 Å². The Hall–Kier alpha value is -7.22. The first-order valence-corrected chi connectivity index (χ1v) is 42.5. The van der Waals surface area contributed by atoms with Crippen LogP contribution in [0, 0.1) is 17.8 Å². The highest BCUT2D eigenvalue weighted by Gasteiger charge is 2.52. The van der Waals surface area contributed by atoms with Crippen molar-refractivity contribution in [3.63, 3.8) is 0 Å². The molecule has 13 rings (SSSR count). The van der Waals surface area contributed by atoms with E-state index < -0.39 is 0 Å². The Morgan fingerprint density at radius 1 is 0.425 bits per heavy atom. The average molecular weight is 1640 g/mol. The summed E-state index contributed by atoms with van der Waals surface area (Å²) in [6.45, 7) is 3.74. The Labute approximate surface area is 691 Å². The summed E-state index contributed by atoms with van der Waals surface area (Å²) in [5.41, 5.74) is 15.8. The van der Waals surface area contributed by atoms with Crippen molar-refractivity contribution in [2.45, 2.75) is 137 Å². The first-order chi connectivity index (χ1) is 54.9. The van der Waals surface area contributed by atoms with Gasteiger partial charge in [0, 0.05) is 123 Å². The number of nitrogen functional groups attached to an aromatic ring is 1. The Morgan fingerprint density at radius 2 is 0.761 bits per heavy atom. The molecule has 24 heteroatoms. The molecule has 6 aliphatic rings. The molecule has 113 heavy (non-hydrogen) atoms. The summed E-state index contributed by atoms with van der Waals surface area (Å²) in [6, 6.07) is 56.9. The molecule has 9 unspecified atom stereocenters. The minimum absolute atomic E-state index is 0.0307.